The molecule has 0 aliphatic carbocycles. The highest BCUT2D eigenvalue weighted by atomic mass is 16.4. The van der Waals surface area contributed by atoms with Gasteiger partial charge in [-0.3, -0.25) is 14.5 Å². The number of hydrogen-bond acceptors (Lipinski definition) is 5. The zero-order valence-corrected chi connectivity index (χ0v) is 16.6. The SMILES string of the molecule is O=C(CN1CCN(C(=O)c2cc3ccccc3oc2=O)CC1)N1CCCCCC1. The molecule has 2 fully saturated rings. The highest BCUT2D eigenvalue weighted by molar-refractivity contribution is 5.96. The Labute approximate surface area is 169 Å². The Morgan fingerprint density at radius 2 is 1.55 bits per heavy atom. The van der Waals surface area contributed by atoms with E-state index in [0.29, 0.717) is 38.3 Å². The van der Waals surface area contributed by atoms with E-state index in [4.69, 9.17) is 4.42 Å². The first-order valence-corrected chi connectivity index (χ1v) is 10.4. The zero-order valence-electron chi connectivity index (χ0n) is 16.6. The van der Waals surface area contributed by atoms with Crippen LogP contribution in [-0.4, -0.2) is 72.3 Å². The van der Waals surface area contributed by atoms with Crippen LogP contribution in [-0.2, 0) is 4.79 Å². The van der Waals surface area contributed by atoms with Gasteiger partial charge in [0, 0.05) is 44.7 Å². The molecular weight excluding hydrogens is 370 g/mol. The lowest BCUT2D eigenvalue weighted by Crippen LogP contribution is -2.52. The van der Waals surface area contributed by atoms with E-state index >= 15 is 0 Å². The van der Waals surface area contributed by atoms with E-state index in [0.717, 1.165) is 31.3 Å². The summed E-state index contributed by atoms with van der Waals surface area (Å²) in [4.78, 5) is 43.4. The van der Waals surface area contributed by atoms with Crippen LogP contribution in [0.5, 0.6) is 0 Å². The number of fused-ring (bicyclic) bond motifs is 1. The Bertz CT molecular complexity index is 938. The summed E-state index contributed by atoms with van der Waals surface area (Å²) in [6.45, 7) is 4.37. The first-order valence-electron chi connectivity index (χ1n) is 10.4. The molecule has 7 heteroatoms. The molecular formula is C22H27N3O4. The molecule has 2 saturated heterocycles. The fourth-order valence-corrected chi connectivity index (χ4v) is 4.10. The molecule has 0 bridgehead atoms. The van der Waals surface area contributed by atoms with Crippen molar-refractivity contribution in [3.63, 3.8) is 0 Å². The molecule has 0 saturated carbocycles. The summed E-state index contributed by atoms with van der Waals surface area (Å²) in [7, 11) is 0. The van der Waals surface area contributed by atoms with Gasteiger partial charge in [-0.1, -0.05) is 31.0 Å². The number of likely N-dealkylation sites (tertiary alicyclic amines) is 1. The van der Waals surface area contributed by atoms with E-state index in [2.05, 4.69) is 4.90 Å². The van der Waals surface area contributed by atoms with Gasteiger partial charge >= 0.3 is 5.63 Å². The normalized spacial score (nSPS) is 18.6. The zero-order chi connectivity index (χ0) is 20.2. The smallest absolute Gasteiger partial charge is 0.349 e. The van der Waals surface area contributed by atoms with Crippen LogP contribution in [0.15, 0.2) is 39.5 Å². The Morgan fingerprint density at radius 3 is 2.28 bits per heavy atom. The van der Waals surface area contributed by atoms with Crippen molar-refractivity contribution in [1.82, 2.24) is 14.7 Å². The highest BCUT2D eigenvalue weighted by Crippen LogP contribution is 2.15. The van der Waals surface area contributed by atoms with Crippen molar-refractivity contribution in [2.45, 2.75) is 25.7 Å². The Kier molecular flexibility index (Phi) is 5.94. The van der Waals surface area contributed by atoms with Crippen LogP contribution in [0.3, 0.4) is 0 Å². The molecule has 2 aliphatic heterocycles. The van der Waals surface area contributed by atoms with E-state index in [-0.39, 0.29) is 17.4 Å². The summed E-state index contributed by atoms with van der Waals surface area (Å²) in [5.74, 6) is -0.121. The molecule has 2 aromatic rings. The summed E-state index contributed by atoms with van der Waals surface area (Å²) >= 11 is 0. The first kappa shape index (κ1) is 19.6. The molecule has 2 aliphatic rings. The molecule has 0 spiro atoms. The molecule has 0 atom stereocenters. The Balaban J connectivity index is 1.35. The first-order chi connectivity index (χ1) is 14.1. The van der Waals surface area contributed by atoms with Gasteiger partial charge in [0.2, 0.25) is 5.91 Å². The summed E-state index contributed by atoms with van der Waals surface area (Å²) in [5, 5.41) is 0.733. The highest BCUT2D eigenvalue weighted by Gasteiger charge is 2.27. The maximum atomic E-state index is 12.9. The molecule has 1 aromatic heterocycles. The molecule has 3 heterocycles. The number of hydrogen-bond donors (Lipinski definition) is 0. The lowest BCUT2D eigenvalue weighted by atomic mass is 10.1. The van der Waals surface area contributed by atoms with Crippen LogP contribution in [0.2, 0.25) is 0 Å². The van der Waals surface area contributed by atoms with Gasteiger partial charge in [-0.15, -0.1) is 0 Å². The van der Waals surface area contributed by atoms with Crippen LogP contribution >= 0.6 is 0 Å². The fraction of sp³-hybridized carbons (Fsp3) is 0.500. The largest absolute Gasteiger partial charge is 0.422 e. The van der Waals surface area contributed by atoms with Gasteiger partial charge in [-0.05, 0) is 25.0 Å². The van der Waals surface area contributed by atoms with E-state index < -0.39 is 5.63 Å². The maximum absolute atomic E-state index is 12.9. The second-order valence-electron chi connectivity index (χ2n) is 7.85. The number of carbonyl (C=O) groups excluding carboxylic acids is 2. The lowest BCUT2D eigenvalue weighted by molar-refractivity contribution is -0.132. The molecule has 2 amide bonds. The van der Waals surface area contributed by atoms with Crippen molar-refractivity contribution in [2.24, 2.45) is 0 Å². The topological polar surface area (TPSA) is 74.1 Å². The number of rotatable bonds is 3. The van der Waals surface area contributed by atoms with Crippen LogP contribution in [0, 0.1) is 0 Å². The molecule has 4 rings (SSSR count). The second-order valence-corrected chi connectivity index (χ2v) is 7.85. The summed E-state index contributed by atoms with van der Waals surface area (Å²) < 4.78 is 5.29. The third-order valence-electron chi connectivity index (χ3n) is 5.85. The number of piperazine rings is 1. The molecule has 0 N–H and O–H groups in total. The minimum Gasteiger partial charge on any atom is -0.422 e. The predicted molar refractivity (Wildman–Crippen MR) is 110 cm³/mol. The molecule has 0 unspecified atom stereocenters. The van der Waals surface area contributed by atoms with Crippen LogP contribution < -0.4 is 5.63 Å². The van der Waals surface area contributed by atoms with Crippen molar-refractivity contribution >= 4 is 22.8 Å². The maximum Gasteiger partial charge on any atom is 0.349 e. The number of benzene rings is 1. The van der Waals surface area contributed by atoms with Crippen molar-refractivity contribution in [2.75, 3.05) is 45.8 Å². The molecule has 0 radical (unpaired) electrons. The van der Waals surface area contributed by atoms with Gasteiger partial charge in [0.1, 0.15) is 11.1 Å². The number of nitrogens with zero attached hydrogens (tertiary/aromatic N) is 3. The van der Waals surface area contributed by atoms with E-state index in [1.165, 1.54) is 12.8 Å². The number of amides is 2. The minimum absolute atomic E-state index is 0.0674. The Hall–Kier alpha value is -2.67. The van der Waals surface area contributed by atoms with Crippen LogP contribution in [0.1, 0.15) is 36.0 Å². The van der Waals surface area contributed by atoms with Gasteiger partial charge in [-0.25, -0.2) is 4.79 Å². The molecule has 154 valence electrons. The van der Waals surface area contributed by atoms with E-state index in [1.54, 1.807) is 23.1 Å². The second kappa shape index (κ2) is 8.78. The van der Waals surface area contributed by atoms with Gasteiger partial charge in [0.05, 0.1) is 6.54 Å². The lowest BCUT2D eigenvalue weighted by Gasteiger charge is -2.35. The summed E-state index contributed by atoms with van der Waals surface area (Å²) in [6.07, 6.45) is 4.57. The molecule has 7 nitrogen and oxygen atoms in total. The van der Waals surface area contributed by atoms with Crippen LogP contribution in [0.4, 0.5) is 0 Å². The van der Waals surface area contributed by atoms with Gasteiger partial charge in [-0.2, -0.15) is 0 Å². The average Bonchev–Trinajstić information content (AvgIpc) is 3.03. The summed E-state index contributed by atoms with van der Waals surface area (Å²) in [6, 6.07) is 8.78. The third-order valence-corrected chi connectivity index (χ3v) is 5.85. The third kappa shape index (κ3) is 4.50. The van der Waals surface area contributed by atoms with Crippen molar-refractivity contribution in [3.05, 3.63) is 46.3 Å². The van der Waals surface area contributed by atoms with Gasteiger partial charge < -0.3 is 14.2 Å². The quantitative estimate of drug-likeness (QED) is 0.740. The number of para-hydroxylation sites is 1. The molecule has 29 heavy (non-hydrogen) atoms. The molecule has 1 aromatic carbocycles. The van der Waals surface area contributed by atoms with Gasteiger partial charge in [0.15, 0.2) is 0 Å². The van der Waals surface area contributed by atoms with E-state index in [9.17, 15) is 14.4 Å². The van der Waals surface area contributed by atoms with Gasteiger partial charge in [0.25, 0.3) is 5.91 Å². The average molecular weight is 397 g/mol. The minimum atomic E-state index is -0.604. The predicted octanol–water partition coefficient (Wildman–Crippen LogP) is 1.95. The Morgan fingerprint density at radius 1 is 0.862 bits per heavy atom. The van der Waals surface area contributed by atoms with E-state index in [1.807, 2.05) is 17.0 Å². The van der Waals surface area contributed by atoms with Crippen molar-refractivity contribution in [3.8, 4) is 0 Å². The monoisotopic (exact) mass is 397 g/mol. The van der Waals surface area contributed by atoms with Crippen molar-refractivity contribution < 1.29 is 14.0 Å². The number of carbonyl (C=O) groups is 2. The standard InChI is InChI=1S/C22H27N3O4/c26-20(24-9-5-1-2-6-10-24)16-23-11-13-25(14-12-23)21(27)18-15-17-7-3-4-8-19(17)29-22(18)28/h3-4,7-8,15H,1-2,5-6,9-14,16H2. The fourth-order valence-electron chi connectivity index (χ4n) is 4.10. The van der Waals surface area contributed by atoms with Crippen LogP contribution in [0.25, 0.3) is 11.0 Å². The summed E-state index contributed by atoms with van der Waals surface area (Å²) in [5.41, 5.74) is -0.0591. The van der Waals surface area contributed by atoms with Crippen molar-refractivity contribution in [1.29, 1.82) is 0 Å².